The molecule has 306 valence electrons. The van der Waals surface area contributed by atoms with Crippen LogP contribution in [0.3, 0.4) is 0 Å². The molecular formula is C45H91NO5. The summed E-state index contributed by atoms with van der Waals surface area (Å²) in [5.41, 5.74) is 0. The van der Waals surface area contributed by atoms with Gasteiger partial charge in [-0.25, -0.2) is 0 Å². The predicted octanol–water partition coefficient (Wildman–Crippen LogP) is 12.0. The fourth-order valence-electron chi connectivity index (χ4n) is 7.41. The largest absolute Gasteiger partial charge is 0.394 e. The number of amides is 1. The van der Waals surface area contributed by atoms with E-state index in [2.05, 4.69) is 19.2 Å². The van der Waals surface area contributed by atoms with Gasteiger partial charge in [0.15, 0.2) is 0 Å². The Morgan fingerprint density at radius 2 is 0.667 bits per heavy atom. The van der Waals surface area contributed by atoms with E-state index in [1.165, 1.54) is 186 Å². The lowest BCUT2D eigenvalue weighted by atomic mass is 9.99. The van der Waals surface area contributed by atoms with E-state index in [9.17, 15) is 25.2 Å². The Morgan fingerprint density at radius 1 is 0.412 bits per heavy atom. The summed E-state index contributed by atoms with van der Waals surface area (Å²) in [7, 11) is 0. The number of aliphatic hydroxyl groups excluding tert-OH is 4. The Bertz CT molecular complexity index is 692. The van der Waals surface area contributed by atoms with Gasteiger partial charge in [-0.2, -0.15) is 0 Å². The van der Waals surface area contributed by atoms with E-state index in [-0.39, 0.29) is 0 Å². The van der Waals surface area contributed by atoms with Crippen molar-refractivity contribution in [1.29, 1.82) is 0 Å². The number of hydrogen-bond acceptors (Lipinski definition) is 5. The summed E-state index contributed by atoms with van der Waals surface area (Å²) in [4.78, 5) is 12.5. The number of hydrogen-bond donors (Lipinski definition) is 5. The minimum absolute atomic E-state index is 0.376. The maximum atomic E-state index is 12.5. The Kier molecular flexibility index (Phi) is 39.9. The monoisotopic (exact) mass is 726 g/mol. The SMILES string of the molecule is CCCCCCCCCCCCCCCCCCCCCC[C@H](O)C(=O)N[C@@H](CO)[C@H](O)[C@H](O)CCCCCCCCCCCCCCCCC. The van der Waals surface area contributed by atoms with Crippen molar-refractivity contribution >= 4 is 5.91 Å². The smallest absolute Gasteiger partial charge is 0.249 e. The van der Waals surface area contributed by atoms with Crippen molar-refractivity contribution in [3.8, 4) is 0 Å². The van der Waals surface area contributed by atoms with Crippen molar-refractivity contribution in [2.75, 3.05) is 6.61 Å². The summed E-state index contributed by atoms with van der Waals surface area (Å²) in [5.74, 6) is -0.579. The third-order valence-corrected chi connectivity index (χ3v) is 11.1. The zero-order valence-corrected chi connectivity index (χ0v) is 34.4. The zero-order valence-electron chi connectivity index (χ0n) is 34.4. The number of carbonyl (C=O) groups is 1. The first kappa shape index (κ1) is 50.3. The molecule has 6 heteroatoms. The topological polar surface area (TPSA) is 110 Å². The highest BCUT2D eigenvalue weighted by Crippen LogP contribution is 2.17. The Balaban J connectivity index is 3.67. The molecule has 0 aliphatic rings. The molecule has 0 aliphatic carbocycles. The summed E-state index contributed by atoms with van der Waals surface area (Å²) < 4.78 is 0. The predicted molar refractivity (Wildman–Crippen MR) is 219 cm³/mol. The second-order valence-electron chi connectivity index (χ2n) is 16.1. The molecule has 0 heterocycles. The molecule has 51 heavy (non-hydrogen) atoms. The van der Waals surface area contributed by atoms with E-state index in [4.69, 9.17) is 0 Å². The van der Waals surface area contributed by atoms with Gasteiger partial charge in [0.25, 0.3) is 0 Å². The van der Waals surface area contributed by atoms with E-state index in [0.29, 0.717) is 12.8 Å². The molecule has 0 fully saturated rings. The molecule has 0 saturated carbocycles. The van der Waals surface area contributed by atoms with Crippen LogP contribution in [-0.4, -0.2) is 57.3 Å². The van der Waals surface area contributed by atoms with Crippen LogP contribution in [-0.2, 0) is 4.79 Å². The number of nitrogens with one attached hydrogen (secondary N) is 1. The number of unbranched alkanes of at least 4 members (excludes halogenated alkanes) is 33. The first-order valence-corrected chi connectivity index (χ1v) is 22.9. The van der Waals surface area contributed by atoms with Gasteiger partial charge >= 0.3 is 0 Å². The highest BCUT2D eigenvalue weighted by Gasteiger charge is 2.28. The van der Waals surface area contributed by atoms with Crippen molar-refractivity contribution in [3.05, 3.63) is 0 Å². The van der Waals surface area contributed by atoms with Crippen LogP contribution in [0.1, 0.15) is 251 Å². The van der Waals surface area contributed by atoms with Gasteiger partial charge in [0.05, 0.1) is 18.8 Å². The quantitative estimate of drug-likeness (QED) is 0.0402. The molecule has 0 aromatic heterocycles. The summed E-state index contributed by atoms with van der Waals surface area (Å²) in [5, 5.41) is 43.7. The van der Waals surface area contributed by atoms with Gasteiger partial charge in [-0.3, -0.25) is 4.79 Å². The lowest BCUT2D eigenvalue weighted by molar-refractivity contribution is -0.132. The summed E-state index contributed by atoms with van der Waals surface area (Å²) >= 11 is 0. The molecule has 0 radical (unpaired) electrons. The average molecular weight is 726 g/mol. The van der Waals surface area contributed by atoms with Crippen LogP contribution in [0.5, 0.6) is 0 Å². The fourth-order valence-corrected chi connectivity index (χ4v) is 7.41. The van der Waals surface area contributed by atoms with Crippen LogP contribution in [0.15, 0.2) is 0 Å². The van der Waals surface area contributed by atoms with Gasteiger partial charge in [-0.1, -0.05) is 239 Å². The number of rotatable bonds is 42. The van der Waals surface area contributed by atoms with Crippen molar-refractivity contribution in [2.45, 2.75) is 276 Å². The molecule has 6 nitrogen and oxygen atoms in total. The average Bonchev–Trinajstić information content (AvgIpc) is 3.13. The minimum atomic E-state index is -1.25. The molecule has 0 rings (SSSR count). The van der Waals surface area contributed by atoms with E-state index >= 15 is 0 Å². The second kappa shape index (κ2) is 40.5. The maximum absolute atomic E-state index is 12.5. The molecule has 0 saturated heterocycles. The molecule has 1 amide bonds. The molecular weight excluding hydrogens is 634 g/mol. The Labute approximate surface area is 318 Å². The molecule has 5 N–H and O–H groups in total. The van der Waals surface area contributed by atoms with Crippen LogP contribution < -0.4 is 5.32 Å². The minimum Gasteiger partial charge on any atom is -0.394 e. The molecule has 0 aliphatic heterocycles. The number of carbonyl (C=O) groups excluding carboxylic acids is 1. The highest BCUT2D eigenvalue weighted by atomic mass is 16.3. The first-order valence-electron chi connectivity index (χ1n) is 22.9. The molecule has 0 aromatic carbocycles. The van der Waals surface area contributed by atoms with Crippen LogP contribution in [0.2, 0.25) is 0 Å². The van der Waals surface area contributed by atoms with Crippen molar-refractivity contribution in [3.63, 3.8) is 0 Å². The van der Waals surface area contributed by atoms with Gasteiger partial charge < -0.3 is 25.7 Å². The zero-order chi connectivity index (χ0) is 37.5. The molecule has 0 spiro atoms. The summed E-state index contributed by atoms with van der Waals surface area (Å²) in [6.45, 7) is 4.07. The molecule has 4 atom stereocenters. The maximum Gasteiger partial charge on any atom is 0.249 e. The van der Waals surface area contributed by atoms with Crippen LogP contribution in [0.4, 0.5) is 0 Å². The van der Waals surface area contributed by atoms with Crippen LogP contribution in [0.25, 0.3) is 0 Å². The van der Waals surface area contributed by atoms with Crippen molar-refractivity contribution in [2.24, 2.45) is 0 Å². The lowest BCUT2D eigenvalue weighted by Gasteiger charge is -2.27. The van der Waals surface area contributed by atoms with Gasteiger partial charge in [0, 0.05) is 0 Å². The summed E-state index contributed by atoms with van der Waals surface area (Å²) in [6.07, 6.45) is 42.7. The third kappa shape index (κ3) is 34.8. The molecule has 0 unspecified atom stereocenters. The van der Waals surface area contributed by atoms with Crippen LogP contribution in [0, 0.1) is 0 Å². The Morgan fingerprint density at radius 3 is 0.941 bits per heavy atom. The lowest BCUT2D eigenvalue weighted by Crippen LogP contribution is -2.53. The molecule has 0 aromatic rings. The van der Waals surface area contributed by atoms with E-state index in [1.54, 1.807) is 0 Å². The summed E-state index contributed by atoms with van der Waals surface area (Å²) in [6, 6.07) is -0.978. The van der Waals surface area contributed by atoms with E-state index in [0.717, 1.165) is 38.5 Å². The number of aliphatic hydroxyl groups is 4. The highest BCUT2D eigenvalue weighted by molar-refractivity contribution is 5.80. The fraction of sp³-hybridized carbons (Fsp3) is 0.978. The Hall–Kier alpha value is -0.690. The van der Waals surface area contributed by atoms with Gasteiger partial charge in [-0.15, -0.1) is 0 Å². The van der Waals surface area contributed by atoms with E-state index in [1.807, 2.05) is 0 Å². The van der Waals surface area contributed by atoms with Gasteiger partial charge in [-0.05, 0) is 12.8 Å². The van der Waals surface area contributed by atoms with Crippen molar-refractivity contribution < 1.29 is 25.2 Å². The van der Waals surface area contributed by atoms with Crippen molar-refractivity contribution in [1.82, 2.24) is 5.32 Å². The molecule has 0 bridgehead atoms. The standard InChI is InChI=1S/C45H91NO5/c1-3-5-7-9-11-13-15-17-19-20-21-22-23-25-27-29-31-33-35-37-39-43(49)45(51)46-41(40-47)44(50)42(48)38-36-34-32-30-28-26-24-18-16-14-12-10-8-6-4-2/h41-44,47-50H,3-40H2,1-2H3,(H,46,51)/t41-,42+,43-,44-/m0/s1. The van der Waals surface area contributed by atoms with Crippen LogP contribution >= 0.6 is 0 Å². The van der Waals surface area contributed by atoms with E-state index < -0.39 is 36.9 Å². The van der Waals surface area contributed by atoms with Gasteiger partial charge in [0.1, 0.15) is 12.2 Å². The second-order valence-corrected chi connectivity index (χ2v) is 16.1. The normalized spacial score (nSPS) is 14.1. The third-order valence-electron chi connectivity index (χ3n) is 11.1. The van der Waals surface area contributed by atoms with Gasteiger partial charge in [0.2, 0.25) is 5.91 Å². The first-order chi connectivity index (χ1) is 25.0.